The molecule has 19 heavy (non-hydrogen) atoms. The van der Waals surface area contributed by atoms with E-state index in [-0.39, 0.29) is 17.5 Å². The van der Waals surface area contributed by atoms with Crippen molar-refractivity contribution < 1.29 is 9.53 Å². The van der Waals surface area contributed by atoms with Gasteiger partial charge in [0.15, 0.2) is 0 Å². The van der Waals surface area contributed by atoms with E-state index in [0.717, 1.165) is 18.5 Å². The fourth-order valence-corrected chi connectivity index (χ4v) is 2.12. The highest BCUT2D eigenvalue weighted by Gasteiger charge is 2.32. The highest BCUT2D eigenvalue weighted by Crippen LogP contribution is 2.32. The first-order valence-corrected chi connectivity index (χ1v) is 6.71. The Morgan fingerprint density at radius 1 is 1.63 bits per heavy atom. The Labute approximate surface area is 117 Å². The number of anilines is 1. The van der Waals surface area contributed by atoms with Crippen LogP contribution in [0.15, 0.2) is 18.3 Å². The van der Waals surface area contributed by atoms with Crippen molar-refractivity contribution in [3.8, 4) is 0 Å². The summed E-state index contributed by atoms with van der Waals surface area (Å²) < 4.78 is 5.01. The first-order valence-electron chi connectivity index (χ1n) is 6.30. The SMILES string of the molecule is CCOC(=O)CN(c1cccnc1C(N)=S)C1CC1. The lowest BCUT2D eigenvalue weighted by atomic mass is 10.2. The van der Waals surface area contributed by atoms with Gasteiger partial charge in [-0.05, 0) is 31.9 Å². The zero-order chi connectivity index (χ0) is 13.8. The molecule has 1 saturated carbocycles. The van der Waals surface area contributed by atoms with E-state index in [9.17, 15) is 4.79 Å². The third-order valence-corrected chi connectivity index (χ3v) is 3.12. The number of hydrogen-bond donors (Lipinski definition) is 1. The van der Waals surface area contributed by atoms with Crippen LogP contribution in [0.25, 0.3) is 0 Å². The van der Waals surface area contributed by atoms with E-state index in [1.54, 1.807) is 13.1 Å². The van der Waals surface area contributed by atoms with Crippen LogP contribution in [0, 0.1) is 0 Å². The van der Waals surface area contributed by atoms with Crippen molar-refractivity contribution in [2.45, 2.75) is 25.8 Å². The van der Waals surface area contributed by atoms with E-state index in [1.165, 1.54) is 0 Å². The van der Waals surface area contributed by atoms with Gasteiger partial charge in [0.1, 0.15) is 17.2 Å². The van der Waals surface area contributed by atoms with Crippen molar-refractivity contribution in [3.05, 3.63) is 24.0 Å². The average molecular weight is 279 g/mol. The van der Waals surface area contributed by atoms with Crippen molar-refractivity contribution in [1.82, 2.24) is 4.98 Å². The standard InChI is InChI=1S/C13H17N3O2S/c1-2-18-11(17)8-16(9-5-6-9)10-4-3-7-15-12(10)13(14)19/h3-4,7,9H,2,5-6,8H2,1H3,(H2,14,19). The van der Waals surface area contributed by atoms with Crippen molar-refractivity contribution in [1.29, 1.82) is 0 Å². The first kappa shape index (κ1) is 13.7. The molecule has 0 unspecified atom stereocenters. The summed E-state index contributed by atoms with van der Waals surface area (Å²) in [5, 5.41) is 0. The molecule has 1 aliphatic rings. The van der Waals surface area contributed by atoms with E-state index < -0.39 is 0 Å². The maximum absolute atomic E-state index is 11.7. The predicted octanol–water partition coefficient (Wildman–Crippen LogP) is 1.25. The topological polar surface area (TPSA) is 68.5 Å². The van der Waals surface area contributed by atoms with Crippen LogP contribution in [0.5, 0.6) is 0 Å². The van der Waals surface area contributed by atoms with E-state index in [1.807, 2.05) is 17.0 Å². The molecule has 0 amide bonds. The highest BCUT2D eigenvalue weighted by atomic mass is 32.1. The number of hydrogen-bond acceptors (Lipinski definition) is 5. The molecule has 0 aromatic carbocycles. The van der Waals surface area contributed by atoms with Gasteiger partial charge in [-0.25, -0.2) is 0 Å². The Morgan fingerprint density at radius 3 is 2.95 bits per heavy atom. The summed E-state index contributed by atoms with van der Waals surface area (Å²) in [6.45, 7) is 2.39. The van der Waals surface area contributed by atoms with Crippen LogP contribution in [0.3, 0.4) is 0 Å². The first-order chi connectivity index (χ1) is 9.13. The van der Waals surface area contributed by atoms with Crippen molar-refractivity contribution in [2.24, 2.45) is 5.73 Å². The van der Waals surface area contributed by atoms with Gasteiger partial charge in [0, 0.05) is 12.2 Å². The number of carbonyl (C=O) groups is 1. The van der Waals surface area contributed by atoms with Crippen molar-refractivity contribution in [2.75, 3.05) is 18.1 Å². The summed E-state index contributed by atoms with van der Waals surface area (Å²) in [5.41, 5.74) is 7.06. The molecule has 102 valence electrons. The number of nitrogens with zero attached hydrogens (tertiary/aromatic N) is 2. The number of pyridine rings is 1. The van der Waals surface area contributed by atoms with Crippen LogP contribution in [0.2, 0.25) is 0 Å². The molecular weight excluding hydrogens is 262 g/mol. The molecular formula is C13H17N3O2S. The second-order valence-electron chi connectivity index (χ2n) is 4.40. The fraction of sp³-hybridized carbons (Fsp3) is 0.462. The molecule has 0 saturated heterocycles. The quantitative estimate of drug-likeness (QED) is 0.624. The zero-order valence-electron chi connectivity index (χ0n) is 10.8. The summed E-state index contributed by atoms with van der Waals surface area (Å²) in [5.74, 6) is -0.243. The molecule has 1 aliphatic carbocycles. The average Bonchev–Trinajstić information content (AvgIpc) is 3.20. The van der Waals surface area contributed by atoms with E-state index >= 15 is 0 Å². The Morgan fingerprint density at radius 2 is 2.37 bits per heavy atom. The summed E-state index contributed by atoms with van der Waals surface area (Å²) in [4.78, 5) is 18.1. The smallest absolute Gasteiger partial charge is 0.325 e. The predicted molar refractivity (Wildman–Crippen MR) is 77.1 cm³/mol. The normalized spacial score (nSPS) is 13.9. The van der Waals surface area contributed by atoms with E-state index in [4.69, 9.17) is 22.7 Å². The summed E-state index contributed by atoms with van der Waals surface area (Å²) >= 11 is 5.01. The Kier molecular flexibility index (Phi) is 4.31. The van der Waals surface area contributed by atoms with E-state index in [0.29, 0.717) is 18.3 Å². The molecule has 0 spiro atoms. The van der Waals surface area contributed by atoms with Crippen LogP contribution in [0.1, 0.15) is 25.5 Å². The molecule has 0 aliphatic heterocycles. The number of esters is 1. The third kappa shape index (κ3) is 3.41. The van der Waals surface area contributed by atoms with E-state index in [2.05, 4.69) is 4.98 Å². The molecule has 5 nitrogen and oxygen atoms in total. The van der Waals surface area contributed by atoms with Gasteiger partial charge in [0.05, 0.1) is 12.3 Å². The minimum absolute atomic E-state index is 0.208. The van der Waals surface area contributed by atoms with Crippen LogP contribution in [-0.4, -0.2) is 35.1 Å². The van der Waals surface area contributed by atoms with Gasteiger partial charge in [0.2, 0.25) is 0 Å². The van der Waals surface area contributed by atoms with Gasteiger partial charge in [-0.1, -0.05) is 12.2 Å². The Balaban J connectivity index is 2.24. The number of nitrogens with two attached hydrogens (primary N) is 1. The van der Waals surface area contributed by atoms with Gasteiger partial charge in [-0.3, -0.25) is 9.78 Å². The molecule has 0 atom stereocenters. The molecule has 1 heterocycles. The van der Waals surface area contributed by atoms with Gasteiger partial charge < -0.3 is 15.4 Å². The van der Waals surface area contributed by atoms with Crippen molar-refractivity contribution >= 4 is 28.9 Å². The maximum Gasteiger partial charge on any atom is 0.325 e. The largest absolute Gasteiger partial charge is 0.465 e. The zero-order valence-corrected chi connectivity index (χ0v) is 11.7. The lowest BCUT2D eigenvalue weighted by Gasteiger charge is -2.25. The van der Waals surface area contributed by atoms with Gasteiger partial charge >= 0.3 is 5.97 Å². The molecule has 6 heteroatoms. The van der Waals surface area contributed by atoms with Gasteiger partial charge in [-0.2, -0.15) is 0 Å². The van der Waals surface area contributed by atoms with Crippen LogP contribution < -0.4 is 10.6 Å². The van der Waals surface area contributed by atoms with Crippen LogP contribution in [-0.2, 0) is 9.53 Å². The summed E-state index contributed by atoms with van der Waals surface area (Å²) in [6.07, 6.45) is 3.77. The number of rotatable bonds is 6. The minimum atomic E-state index is -0.243. The molecule has 2 rings (SSSR count). The van der Waals surface area contributed by atoms with Crippen LogP contribution >= 0.6 is 12.2 Å². The van der Waals surface area contributed by atoms with Crippen molar-refractivity contribution in [3.63, 3.8) is 0 Å². The molecule has 0 bridgehead atoms. The lowest BCUT2D eigenvalue weighted by Crippen LogP contribution is -2.34. The second kappa shape index (κ2) is 5.97. The molecule has 1 fully saturated rings. The number of aromatic nitrogens is 1. The number of carbonyl (C=O) groups excluding carboxylic acids is 1. The van der Waals surface area contributed by atoms with Crippen LogP contribution in [0.4, 0.5) is 5.69 Å². The number of thiocarbonyl (C=S) groups is 1. The Bertz CT molecular complexity index is 489. The van der Waals surface area contributed by atoms with Gasteiger partial charge in [0.25, 0.3) is 0 Å². The number of ether oxygens (including phenoxy) is 1. The molecule has 1 aromatic heterocycles. The lowest BCUT2D eigenvalue weighted by molar-refractivity contribution is -0.141. The third-order valence-electron chi connectivity index (χ3n) is 2.92. The molecule has 2 N–H and O–H groups in total. The second-order valence-corrected chi connectivity index (χ2v) is 4.84. The Hall–Kier alpha value is -1.69. The summed E-state index contributed by atoms with van der Waals surface area (Å²) in [7, 11) is 0. The minimum Gasteiger partial charge on any atom is -0.465 e. The highest BCUT2D eigenvalue weighted by molar-refractivity contribution is 7.80. The molecule has 1 aromatic rings. The fourth-order valence-electron chi connectivity index (χ4n) is 1.96. The monoisotopic (exact) mass is 279 g/mol. The molecule has 0 radical (unpaired) electrons. The van der Waals surface area contributed by atoms with Gasteiger partial charge in [-0.15, -0.1) is 0 Å². The summed E-state index contributed by atoms with van der Waals surface area (Å²) in [6, 6.07) is 4.05. The maximum atomic E-state index is 11.7.